The fourth-order valence-corrected chi connectivity index (χ4v) is 3.92. The average Bonchev–Trinajstić information content (AvgIpc) is 3.30. The Labute approximate surface area is 204 Å². The van der Waals surface area contributed by atoms with E-state index >= 15 is 0 Å². The Morgan fingerprint density at radius 3 is 2.40 bits per heavy atom. The number of para-hydroxylation sites is 1. The van der Waals surface area contributed by atoms with E-state index in [0.29, 0.717) is 11.0 Å². The summed E-state index contributed by atoms with van der Waals surface area (Å²) in [6, 6.07) is 21.6. The number of carbonyl (C=O) groups excluding carboxylic acids is 2. The SMILES string of the molecule is CC(OC(=O)CSc1nnc(-c2ccccc2)n1-c1ccccc1)C(=O)Nc1cc(F)ccc1F. The fraction of sp³-hybridized carbons (Fsp3) is 0.120. The molecule has 1 aromatic heterocycles. The second-order valence-electron chi connectivity index (χ2n) is 7.38. The number of hydrogen-bond acceptors (Lipinski definition) is 6. The van der Waals surface area contributed by atoms with Crippen LogP contribution in [0.15, 0.2) is 84.0 Å². The number of rotatable bonds is 8. The van der Waals surface area contributed by atoms with Crippen LogP contribution in [-0.2, 0) is 14.3 Å². The maximum atomic E-state index is 13.8. The van der Waals surface area contributed by atoms with Gasteiger partial charge < -0.3 is 10.1 Å². The van der Waals surface area contributed by atoms with E-state index in [0.717, 1.165) is 41.2 Å². The number of nitrogens with one attached hydrogen (secondary N) is 1. The summed E-state index contributed by atoms with van der Waals surface area (Å²) in [6.45, 7) is 1.34. The van der Waals surface area contributed by atoms with E-state index in [9.17, 15) is 18.4 Å². The monoisotopic (exact) mass is 494 g/mol. The number of nitrogens with zero attached hydrogens (tertiary/aromatic N) is 3. The van der Waals surface area contributed by atoms with Crippen LogP contribution in [0.5, 0.6) is 0 Å². The molecule has 7 nitrogen and oxygen atoms in total. The Balaban J connectivity index is 1.44. The van der Waals surface area contributed by atoms with E-state index in [1.165, 1.54) is 6.92 Å². The second-order valence-corrected chi connectivity index (χ2v) is 8.32. The molecule has 3 aromatic carbocycles. The zero-order valence-electron chi connectivity index (χ0n) is 18.5. The summed E-state index contributed by atoms with van der Waals surface area (Å²) >= 11 is 1.10. The van der Waals surface area contributed by atoms with E-state index < -0.39 is 29.6 Å². The van der Waals surface area contributed by atoms with Crippen molar-refractivity contribution in [2.45, 2.75) is 18.2 Å². The summed E-state index contributed by atoms with van der Waals surface area (Å²) < 4.78 is 34.1. The van der Waals surface area contributed by atoms with E-state index in [1.54, 1.807) is 0 Å². The van der Waals surface area contributed by atoms with Crippen LogP contribution >= 0.6 is 11.8 Å². The van der Waals surface area contributed by atoms with Crippen LogP contribution < -0.4 is 5.32 Å². The highest BCUT2D eigenvalue weighted by atomic mass is 32.2. The van der Waals surface area contributed by atoms with Crippen LogP contribution in [0.3, 0.4) is 0 Å². The van der Waals surface area contributed by atoms with E-state index in [2.05, 4.69) is 15.5 Å². The summed E-state index contributed by atoms with van der Waals surface area (Å²) in [5.41, 5.74) is 1.34. The Morgan fingerprint density at radius 1 is 1.00 bits per heavy atom. The van der Waals surface area contributed by atoms with Gasteiger partial charge in [0.15, 0.2) is 17.1 Å². The first-order chi connectivity index (χ1) is 16.9. The van der Waals surface area contributed by atoms with Gasteiger partial charge in [0.25, 0.3) is 5.91 Å². The molecule has 1 atom stereocenters. The smallest absolute Gasteiger partial charge is 0.317 e. The van der Waals surface area contributed by atoms with E-state index in [4.69, 9.17) is 4.74 Å². The number of halogens is 2. The van der Waals surface area contributed by atoms with Gasteiger partial charge in [-0.25, -0.2) is 8.78 Å². The number of hydrogen-bond donors (Lipinski definition) is 1. The molecule has 1 heterocycles. The lowest BCUT2D eigenvalue weighted by atomic mass is 10.2. The summed E-state index contributed by atoms with van der Waals surface area (Å²) in [6.07, 6.45) is -1.22. The molecule has 0 spiro atoms. The van der Waals surface area contributed by atoms with Gasteiger partial charge in [0, 0.05) is 17.3 Å². The highest BCUT2D eigenvalue weighted by Crippen LogP contribution is 2.28. The first-order valence-electron chi connectivity index (χ1n) is 10.6. The minimum atomic E-state index is -1.22. The van der Waals surface area contributed by atoms with Gasteiger partial charge in [0.1, 0.15) is 11.6 Å². The van der Waals surface area contributed by atoms with Crippen molar-refractivity contribution in [3.63, 3.8) is 0 Å². The van der Waals surface area contributed by atoms with Crippen molar-refractivity contribution < 1.29 is 23.1 Å². The highest BCUT2D eigenvalue weighted by Gasteiger charge is 2.21. The van der Waals surface area contributed by atoms with Crippen molar-refractivity contribution in [2.24, 2.45) is 0 Å². The maximum absolute atomic E-state index is 13.8. The van der Waals surface area contributed by atoms with Gasteiger partial charge in [-0.1, -0.05) is 60.3 Å². The number of esters is 1. The largest absolute Gasteiger partial charge is 0.452 e. The second kappa shape index (κ2) is 10.9. The first-order valence-corrected chi connectivity index (χ1v) is 11.6. The van der Waals surface area contributed by atoms with Crippen molar-refractivity contribution in [1.82, 2.24) is 14.8 Å². The molecule has 0 fully saturated rings. The fourth-order valence-electron chi connectivity index (χ4n) is 3.18. The van der Waals surface area contributed by atoms with Crippen molar-refractivity contribution in [2.75, 3.05) is 11.1 Å². The predicted octanol–water partition coefficient (Wildman–Crippen LogP) is 4.88. The molecular formula is C25H20F2N4O3S. The quantitative estimate of drug-likeness (QED) is 0.278. The standard InChI is InChI=1S/C25H20F2N4O3S/c1-16(24(33)28-21-14-18(26)12-13-20(21)27)34-22(32)15-35-25-30-29-23(17-8-4-2-5-9-17)31(25)19-10-6-3-7-11-19/h2-14,16H,15H2,1H3,(H,28,33). The molecule has 4 aromatic rings. The molecule has 0 aliphatic heterocycles. The van der Waals surface area contributed by atoms with Crippen molar-refractivity contribution >= 4 is 29.3 Å². The van der Waals surface area contributed by atoms with Crippen molar-refractivity contribution in [3.8, 4) is 17.1 Å². The lowest BCUT2D eigenvalue weighted by Crippen LogP contribution is -2.30. The number of amides is 1. The Hall–Kier alpha value is -4.05. The van der Waals surface area contributed by atoms with Gasteiger partial charge >= 0.3 is 5.97 Å². The Bertz CT molecular complexity index is 1330. The topological polar surface area (TPSA) is 86.1 Å². The number of carbonyl (C=O) groups is 2. The zero-order chi connectivity index (χ0) is 24.8. The lowest BCUT2D eigenvalue weighted by Gasteiger charge is -2.14. The van der Waals surface area contributed by atoms with Crippen LogP contribution in [0, 0.1) is 11.6 Å². The summed E-state index contributed by atoms with van der Waals surface area (Å²) in [7, 11) is 0. The maximum Gasteiger partial charge on any atom is 0.317 e. The minimum absolute atomic E-state index is 0.147. The van der Waals surface area contributed by atoms with Gasteiger partial charge in [-0.2, -0.15) is 0 Å². The molecule has 0 aliphatic rings. The number of benzene rings is 3. The Morgan fingerprint density at radius 2 is 1.69 bits per heavy atom. The number of anilines is 1. The number of thioether (sulfide) groups is 1. The molecule has 0 saturated heterocycles. The van der Waals surface area contributed by atoms with Crippen molar-refractivity contribution in [1.29, 1.82) is 0 Å². The molecule has 0 radical (unpaired) electrons. The van der Waals surface area contributed by atoms with Crippen LogP contribution in [-0.4, -0.2) is 38.5 Å². The molecule has 1 amide bonds. The normalized spacial score (nSPS) is 11.6. The Kier molecular flexibility index (Phi) is 7.51. The highest BCUT2D eigenvalue weighted by molar-refractivity contribution is 7.99. The lowest BCUT2D eigenvalue weighted by molar-refractivity contribution is -0.150. The number of ether oxygens (including phenoxy) is 1. The molecule has 35 heavy (non-hydrogen) atoms. The van der Waals surface area contributed by atoms with Gasteiger partial charge in [0.05, 0.1) is 11.4 Å². The first kappa shape index (κ1) is 24.1. The molecule has 178 valence electrons. The third kappa shape index (κ3) is 5.90. The molecule has 0 saturated carbocycles. The zero-order valence-corrected chi connectivity index (χ0v) is 19.3. The van der Waals surface area contributed by atoms with Gasteiger partial charge in [-0.3, -0.25) is 14.2 Å². The molecular weight excluding hydrogens is 474 g/mol. The third-order valence-corrected chi connectivity index (χ3v) is 5.77. The third-order valence-electron chi connectivity index (χ3n) is 4.86. The van der Waals surface area contributed by atoms with Crippen molar-refractivity contribution in [3.05, 3.63) is 90.5 Å². The van der Waals surface area contributed by atoms with Crippen LogP contribution in [0.1, 0.15) is 6.92 Å². The molecule has 1 N–H and O–H groups in total. The van der Waals surface area contributed by atoms with E-state index in [-0.39, 0.29) is 11.4 Å². The minimum Gasteiger partial charge on any atom is -0.452 e. The summed E-state index contributed by atoms with van der Waals surface area (Å²) in [4.78, 5) is 24.7. The van der Waals surface area contributed by atoms with Crippen LogP contribution in [0.2, 0.25) is 0 Å². The van der Waals surface area contributed by atoms with Gasteiger partial charge in [-0.15, -0.1) is 10.2 Å². The predicted molar refractivity (Wildman–Crippen MR) is 128 cm³/mol. The molecule has 0 aliphatic carbocycles. The number of aromatic nitrogens is 3. The molecule has 10 heteroatoms. The molecule has 4 rings (SSSR count). The molecule has 1 unspecified atom stereocenters. The van der Waals surface area contributed by atoms with Crippen LogP contribution in [0.4, 0.5) is 14.5 Å². The summed E-state index contributed by atoms with van der Waals surface area (Å²) in [5, 5.41) is 11.2. The van der Waals surface area contributed by atoms with Crippen LogP contribution in [0.25, 0.3) is 17.1 Å². The molecule has 0 bridgehead atoms. The van der Waals surface area contributed by atoms with Gasteiger partial charge in [0.2, 0.25) is 0 Å². The average molecular weight is 495 g/mol. The van der Waals surface area contributed by atoms with E-state index in [1.807, 2.05) is 65.2 Å². The summed E-state index contributed by atoms with van der Waals surface area (Å²) in [5.74, 6) is -2.51. The van der Waals surface area contributed by atoms with Gasteiger partial charge in [-0.05, 0) is 31.2 Å².